The monoisotopic (exact) mass is 204 g/mol. The fourth-order valence-electron chi connectivity index (χ4n) is 1.29. The molecule has 0 saturated heterocycles. The second kappa shape index (κ2) is 4.56. The van der Waals surface area contributed by atoms with Crippen molar-refractivity contribution in [2.75, 3.05) is 0 Å². The van der Waals surface area contributed by atoms with Crippen molar-refractivity contribution < 1.29 is 5.11 Å². The summed E-state index contributed by atoms with van der Waals surface area (Å²) in [6.07, 6.45) is 1.47. The molecule has 78 valence electrons. The smallest absolute Gasteiger partial charge is 0.138 e. The fourth-order valence-corrected chi connectivity index (χ4v) is 1.29. The minimum Gasteiger partial charge on any atom is -0.508 e. The summed E-state index contributed by atoms with van der Waals surface area (Å²) in [6, 6.07) is 7.24. The van der Waals surface area contributed by atoms with E-state index >= 15 is 0 Å². The van der Waals surface area contributed by atoms with Crippen molar-refractivity contribution in [3.63, 3.8) is 0 Å². The van der Waals surface area contributed by atoms with E-state index in [-0.39, 0.29) is 0 Å². The Labute approximate surface area is 87.2 Å². The number of nitrogens with one attached hydrogen (secondary N) is 2. The average molecular weight is 204 g/mol. The molecule has 3 N–H and O–H groups in total. The van der Waals surface area contributed by atoms with Gasteiger partial charge >= 0.3 is 0 Å². The van der Waals surface area contributed by atoms with Crippen LogP contribution in [0.15, 0.2) is 30.6 Å². The number of hydrogen-bond donors (Lipinski definition) is 3. The molecule has 0 bridgehead atoms. The molecule has 0 spiro atoms. The molecule has 0 aliphatic heterocycles. The van der Waals surface area contributed by atoms with Crippen LogP contribution < -0.4 is 5.32 Å². The van der Waals surface area contributed by atoms with Gasteiger partial charge in [-0.15, -0.1) is 0 Å². The maximum atomic E-state index is 9.49. The van der Waals surface area contributed by atoms with E-state index in [2.05, 4.69) is 20.5 Å². The highest BCUT2D eigenvalue weighted by molar-refractivity contribution is 5.31. The zero-order valence-electron chi connectivity index (χ0n) is 8.14. The number of hydrogen-bond acceptors (Lipinski definition) is 4. The molecule has 5 heteroatoms. The molecule has 2 aromatic rings. The molecule has 5 nitrogen and oxygen atoms in total. The quantitative estimate of drug-likeness (QED) is 0.688. The molecule has 15 heavy (non-hydrogen) atoms. The van der Waals surface area contributed by atoms with Gasteiger partial charge in [0.05, 0.1) is 6.54 Å². The van der Waals surface area contributed by atoms with E-state index in [0.717, 1.165) is 11.4 Å². The first-order valence-electron chi connectivity index (χ1n) is 4.68. The summed E-state index contributed by atoms with van der Waals surface area (Å²) in [6.45, 7) is 1.21. The Hall–Kier alpha value is -1.88. The van der Waals surface area contributed by atoms with E-state index < -0.39 is 0 Å². The number of phenolic OH excluding ortho intramolecular Hbond substituents is 1. The van der Waals surface area contributed by atoms with Crippen LogP contribution in [0, 0.1) is 0 Å². The molecule has 0 atom stereocenters. The van der Waals surface area contributed by atoms with Gasteiger partial charge in [-0.25, -0.2) is 4.98 Å². The molecule has 1 aromatic carbocycles. The number of H-pyrrole nitrogens is 1. The van der Waals surface area contributed by atoms with Gasteiger partial charge in [-0.05, 0) is 6.07 Å². The summed E-state index contributed by atoms with van der Waals surface area (Å²) >= 11 is 0. The van der Waals surface area contributed by atoms with Gasteiger partial charge in [0.1, 0.15) is 17.9 Å². The van der Waals surface area contributed by atoms with Crippen LogP contribution in [0.25, 0.3) is 0 Å². The van der Waals surface area contributed by atoms with Gasteiger partial charge in [-0.3, -0.25) is 5.10 Å². The van der Waals surface area contributed by atoms with Crippen molar-refractivity contribution in [2.45, 2.75) is 13.1 Å². The zero-order chi connectivity index (χ0) is 10.5. The van der Waals surface area contributed by atoms with Crippen molar-refractivity contribution in [1.29, 1.82) is 0 Å². The molecule has 0 amide bonds. The molecule has 1 heterocycles. The van der Waals surface area contributed by atoms with Gasteiger partial charge in [0.15, 0.2) is 0 Å². The fraction of sp³-hybridized carbons (Fsp3) is 0.200. The lowest BCUT2D eigenvalue weighted by molar-refractivity contribution is 0.464. The molecule has 1 aromatic heterocycles. The van der Waals surface area contributed by atoms with Crippen LogP contribution in [0.3, 0.4) is 0 Å². The van der Waals surface area contributed by atoms with Crippen molar-refractivity contribution in [2.24, 2.45) is 0 Å². The van der Waals surface area contributed by atoms with Crippen molar-refractivity contribution in [1.82, 2.24) is 20.5 Å². The van der Waals surface area contributed by atoms with E-state index in [1.54, 1.807) is 12.1 Å². The van der Waals surface area contributed by atoms with Crippen molar-refractivity contribution in [3.05, 3.63) is 42.0 Å². The van der Waals surface area contributed by atoms with E-state index in [1.807, 2.05) is 12.1 Å². The number of phenols is 1. The Kier molecular flexibility index (Phi) is 2.94. The highest BCUT2D eigenvalue weighted by Gasteiger charge is 1.99. The molecular weight excluding hydrogens is 192 g/mol. The van der Waals surface area contributed by atoms with E-state index in [0.29, 0.717) is 18.8 Å². The molecule has 2 rings (SSSR count). The van der Waals surface area contributed by atoms with Crippen molar-refractivity contribution >= 4 is 0 Å². The minimum atomic E-state index is 0.308. The van der Waals surface area contributed by atoms with Gasteiger partial charge in [-0.2, -0.15) is 5.10 Å². The summed E-state index contributed by atoms with van der Waals surface area (Å²) in [7, 11) is 0. The second-order valence-corrected chi connectivity index (χ2v) is 3.16. The van der Waals surface area contributed by atoms with Gasteiger partial charge in [0.2, 0.25) is 0 Å². The normalized spacial score (nSPS) is 10.4. The topological polar surface area (TPSA) is 73.8 Å². The Balaban J connectivity index is 1.86. The molecular formula is C10H12N4O. The molecule has 0 radical (unpaired) electrons. The molecule has 0 aliphatic carbocycles. The first-order chi connectivity index (χ1) is 7.36. The van der Waals surface area contributed by atoms with Gasteiger partial charge < -0.3 is 10.4 Å². The number of aromatic amines is 1. The van der Waals surface area contributed by atoms with Crippen molar-refractivity contribution in [3.8, 4) is 5.75 Å². The summed E-state index contributed by atoms with van der Waals surface area (Å²) in [4.78, 5) is 3.98. The third kappa shape index (κ3) is 2.54. The lowest BCUT2D eigenvalue weighted by Gasteiger charge is -2.04. The Morgan fingerprint density at radius 2 is 2.13 bits per heavy atom. The minimum absolute atomic E-state index is 0.308. The maximum Gasteiger partial charge on any atom is 0.138 e. The SMILES string of the molecule is Oc1ccccc1CNCc1ncn[nH]1. The highest BCUT2D eigenvalue weighted by Crippen LogP contribution is 2.14. The Morgan fingerprint density at radius 1 is 1.27 bits per heavy atom. The van der Waals surface area contributed by atoms with Crippen LogP contribution in [-0.2, 0) is 13.1 Å². The standard InChI is InChI=1S/C10H12N4O/c15-9-4-2-1-3-8(9)5-11-6-10-12-7-13-14-10/h1-4,7,11,15H,5-6H2,(H,12,13,14). The van der Waals surface area contributed by atoms with Gasteiger partial charge in [-0.1, -0.05) is 18.2 Å². The number of para-hydroxylation sites is 1. The molecule has 0 aliphatic rings. The summed E-state index contributed by atoms with van der Waals surface area (Å²) < 4.78 is 0. The van der Waals surface area contributed by atoms with Gasteiger partial charge in [0.25, 0.3) is 0 Å². The van der Waals surface area contributed by atoms with Crippen LogP contribution in [0.1, 0.15) is 11.4 Å². The number of aromatic nitrogens is 3. The lowest BCUT2D eigenvalue weighted by Crippen LogP contribution is -2.13. The largest absolute Gasteiger partial charge is 0.508 e. The number of aromatic hydroxyl groups is 1. The molecule has 0 unspecified atom stereocenters. The van der Waals surface area contributed by atoms with E-state index in [9.17, 15) is 5.11 Å². The predicted molar refractivity (Wildman–Crippen MR) is 55.0 cm³/mol. The Bertz CT molecular complexity index is 413. The lowest BCUT2D eigenvalue weighted by atomic mass is 10.2. The van der Waals surface area contributed by atoms with Crippen LogP contribution in [0.5, 0.6) is 5.75 Å². The summed E-state index contributed by atoms with van der Waals surface area (Å²) in [5.74, 6) is 1.09. The summed E-state index contributed by atoms with van der Waals surface area (Å²) in [5, 5.41) is 19.1. The number of rotatable bonds is 4. The third-order valence-electron chi connectivity index (χ3n) is 2.06. The third-order valence-corrected chi connectivity index (χ3v) is 2.06. The number of nitrogens with zero attached hydrogens (tertiary/aromatic N) is 2. The average Bonchev–Trinajstić information content (AvgIpc) is 2.74. The number of benzene rings is 1. The Morgan fingerprint density at radius 3 is 2.87 bits per heavy atom. The predicted octanol–water partition coefficient (Wildman–Crippen LogP) is 0.800. The van der Waals surface area contributed by atoms with E-state index in [4.69, 9.17) is 0 Å². The maximum absolute atomic E-state index is 9.49. The zero-order valence-corrected chi connectivity index (χ0v) is 8.14. The van der Waals surface area contributed by atoms with Gasteiger partial charge in [0, 0.05) is 12.1 Å². The molecule has 0 saturated carbocycles. The molecule has 0 fully saturated rings. The van der Waals surface area contributed by atoms with E-state index in [1.165, 1.54) is 6.33 Å². The first-order valence-corrected chi connectivity index (χ1v) is 4.68. The highest BCUT2D eigenvalue weighted by atomic mass is 16.3. The van der Waals surface area contributed by atoms with Crippen LogP contribution in [-0.4, -0.2) is 20.3 Å². The second-order valence-electron chi connectivity index (χ2n) is 3.16. The van der Waals surface area contributed by atoms with Crippen LogP contribution >= 0.6 is 0 Å². The van der Waals surface area contributed by atoms with Crippen LogP contribution in [0.2, 0.25) is 0 Å². The van der Waals surface area contributed by atoms with Crippen LogP contribution in [0.4, 0.5) is 0 Å². The first kappa shape index (κ1) is 9.67. The summed E-state index contributed by atoms with van der Waals surface area (Å²) in [5.41, 5.74) is 0.872.